The molecule has 0 radical (unpaired) electrons. The van der Waals surface area contributed by atoms with Gasteiger partial charge in [0.15, 0.2) is 5.16 Å². The topological polar surface area (TPSA) is 57.8 Å². The Morgan fingerprint density at radius 2 is 2.25 bits per heavy atom. The first kappa shape index (κ1) is 13.3. The molecule has 1 saturated carbocycles. The van der Waals surface area contributed by atoms with E-state index in [0.717, 1.165) is 10.5 Å². The number of aromatic nitrogens is 2. The van der Waals surface area contributed by atoms with Crippen molar-refractivity contribution in [1.82, 2.24) is 15.3 Å². The van der Waals surface area contributed by atoms with Crippen molar-refractivity contribution in [3.63, 3.8) is 0 Å². The van der Waals surface area contributed by atoms with E-state index in [1.807, 2.05) is 0 Å². The van der Waals surface area contributed by atoms with E-state index in [1.54, 1.807) is 6.07 Å². The van der Waals surface area contributed by atoms with Gasteiger partial charge in [-0.05, 0) is 36.6 Å². The molecule has 20 heavy (non-hydrogen) atoms. The number of aromatic amines is 1. The zero-order chi connectivity index (χ0) is 13.9. The maximum atomic E-state index is 13.4. The lowest BCUT2D eigenvalue weighted by Gasteiger charge is -2.09. The van der Waals surface area contributed by atoms with Gasteiger partial charge in [-0.2, -0.15) is 0 Å². The van der Waals surface area contributed by atoms with Crippen LogP contribution < -0.4 is 10.9 Å². The van der Waals surface area contributed by atoms with E-state index in [2.05, 4.69) is 15.3 Å². The van der Waals surface area contributed by atoms with Gasteiger partial charge in [-0.1, -0.05) is 11.8 Å². The Kier molecular flexibility index (Phi) is 3.84. The van der Waals surface area contributed by atoms with Gasteiger partial charge in [-0.15, -0.1) is 0 Å². The third-order valence-corrected chi connectivity index (χ3v) is 4.05. The van der Waals surface area contributed by atoms with Crippen LogP contribution in [0.4, 0.5) is 4.39 Å². The van der Waals surface area contributed by atoms with Gasteiger partial charge >= 0.3 is 0 Å². The Bertz CT molecular complexity index is 669. The summed E-state index contributed by atoms with van der Waals surface area (Å²) in [7, 11) is 0. The van der Waals surface area contributed by atoms with Gasteiger partial charge in [-0.25, -0.2) is 9.37 Å². The first-order chi connectivity index (χ1) is 9.70. The molecule has 2 aromatic rings. The normalized spacial score (nSPS) is 14.4. The van der Waals surface area contributed by atoms with Crippen LogP contribution in [-0.2, 0) is 6.54 Å². The highest BCUT2D eigenvalue weighted by atomic mass is 32.2. The van der Waals surface area contributed by atoms with E-state index in [1.165, 1.54) is 49.0 Å². The molecule has 1 heterocycles. The minimum absolute atomic E-state index is 0.192. The average molecular weight is 291 g/mol. The molecule has 2 N–H and O–H groups in total. The summed E-state index contributed by atoms with van der Waals surface area (Å²) >= 11 is 1.34. The summed E-state index contributed by atoms with van der Waals surface area (Å²) in [6.07, 6.45) is 3.84. The molecule has 1 fully saturated rings. The summed E-state index contributed by atoms with van der Waals surface area (Å²) in [5.41, 5.74) is 0.690. The predicted octanol–water partition coefficient (Wildman–Crippen LogP) is 2.31. The zero-order valence-electron chi connectivity index (χ0n) is 10.7. The van der Waals surface area contributed by atoms with Gasteiger partial charge in [-0.3, -0.25) is 4.79 Å². The molecule has 0 unspecified atom stereocenters. The van der Waals surface area contributed by atoms with Crippen LogP contribution in [0, 0.1) is 5.82 Å². The highest BCUT2D eigenvalue weighted by Gasteiger charge is 2.20. The van der Waals surface area contributed by atoms with Gasteiger partial charge in [0, 0.05) is 29.7 Å². The van der Waals surface area contributed by atoms with Gasteiger partial charge < -0.3 is 10.3 Å². The molecule has 1 aliphatic carbocycles. The highest BCUT2D eigenvalue weighted by molar-refractivity contribution is 7.99. The summed E-state index contributed by atoms with van der Waals surface area (Å²) in [6, 6.07) is 6.59. The molecule has 6 heteroatoms. The molecule has 0 saturated heterocycles. The van der Waals surface area contributed by atoms with Crippen molar-refractivity contribution >= 4 is 11.8 Å². The summed E-state index contributed by atoms with van der Waals surface area (Å²) in [6.45, 7) is 0.627. The molecule has 3 rings (SSSR count). The second kappa shape index (κ2) is 5.76. The smallest absolute Gasteiger partial charge is 0.251 e. The highest BCUT2D eigenvalue weighted by Crippen LogP contribution is 2.29. The second-order valence-electron chi connectivity index (χ2n) is 4.75. The van der Waals surface area contributed by atoms with Gasteiger partial charge in [0.05, 0.1) is 0 Å². The van der Waals surface area contributed by atoms with Crippen LogP contribution in [0.2, 0.25) is 0 Å². The SMILES string of the molecule is O=c1ccnc(Sc2ccc(F)cc2CNC2CC2)[nH]1. The lowest BCUT2D eigenvalue weighted by Crippen LogP contribution is -2.16. The number of hydrogen-bond donors (Lipinski definition) is 2. The Balaban J connectivity index is 1.81. The van der Waals surface area contributed by atoms with Crippen LogP contribution in [0.15, 0.2) is 45.3 Å². The van der Waals surface area contributed by atoms with Crippen LogP contribution in [-0.4, -0.2) is 16.0 Å². The molecule has 0 spiro atoms. The fourth-order valence-corrected chi connectivity index (χ4v) is 2.71. The number of nitrogens with zero attached hydrogens (tertiary/aromatic N) is 1. The maximum Gasteiger partial charge on any atom is 0.251 e. The van der Waals surface area contributed by atoms with Crippen molar-refractivity contribution in [3.8, 4) is 0 Å². The van der Waals surface area contributed by atoms with E-state index in [9.17, 15) is 9.18 Å². The quantitative estimate of drug-likeness (QED) is 0.830. The number of rotatable bonds is 5. The number of halogens is 1. The summed E-state index contributed by atoms with van der Waals surface area (Å²) in [5, 5.41) is 3.88. The van der Waals surface area contributed by atoms with Crippen molar-refractivity contribution < 1.29 is 4.39 Å². The third-order valence-electron chi connectivity index (χ3n) is 3.04. The molecular weight excluding hydrogens is 277 g/mol. The number of H-pyrrole nitrogens is 1. The van der Waals surface area contributed by atoms with E-state index in [0.29, 0.717) is 17.7 Å². The fourth-order valence-electron chi connectivity index (χ4n) is 1.84. The van der Waals surface area contributed by atoms with Gasteiger partial charge in [0.2, 0.25) is 0 Å². The molecule has 1 aromatic heterocycles. The molecule has 0 aliphatic heterocycles. The molecule has 4 nitrogen and oxygen atoms in total. The Labute approximate surface area is 119 Å². The second-order valence-corrected chi connectivity index (χ2v) is 5.78. The van der Waals surface area contributed by atoms with E-state index < -0.39 is 0 Å². The molecular formula is C14H14FN3OS. The Hall–Kier alpha value is -1.66. The molecule has 0 amide bonds. The fraction of sp³-hybridized carbons (Fsp3) is 0.286. The molecule has 1 aromatic carbocycles. The summed E-state index contributed by atoms with van der Waals surface area (Å²) < 4.78 is 13.4. The van der Waals surface area contributed by atoms with Crippen molar-refractivity contribution in [3.05, 3.63) is 52.2 Å². The minimum Gasteiger partial charge on any atom is -0.310 e. The van der Waals surface area contributed by atoms with Gasteiger partial charge in [0.1, 0.15) is 5.82 Å². The zero-order valence-corrected chi connectivity index (χ0v) is 11.5. The van der Waals surface area contributed by atoms with Crippen LogP contribution >= 0.6 is 11.8 Å². The molecule has 104 valence electrons. The standard InChI is InChI=1S/C14H14FN3OS/c15-10-1-4-12(9(7-10)8-17-11-2-3-11)20-14-16-6-5-13(19)18-14/h1,4-7,11,17H,2-3,8H2,(H,16,18,19). The molecule has 0 atom stereocenters. The van der Waals surface area contributed by atoms with E-state index in [-0.39, 0.29) is 11.4 Å². The van der Waals surface area contributed by atoms with Crippen molar-refractivity contribution in [2.24, 2.45) is 0 Å². The Morgan fingerprint density at radius 3 is 3.00 bits per heavy atom. The molecule has 1 aliphatic rings. The number of benzene rings is 1. The van der Waals surface area contributed by atoms with Crippen LogP contribution in [0.25, 0.3) is 0 Å². The largest absolute Gasteiger partial charge is 0.310 e. The first-order valence-electron chi connectivity index (χ1n) is 6.46. The summed E-state index contributed by atoms with van der Waals surface area (Å²) in [4.78, 5) is 18.9. The third kappa shape index (κ3) is 3.46. The first-order valence-corrected chi connectivity index (χ1v) is 7.27. The lowest BCUT2D eigenvalue weighted by molar-refractivity contribution is 0.616. The Morgan fingerprint density at radius 1 is 1.40 bits per heavy atom. The van der Waals surface area contributed by atoms with Crippen molar-refractivity contribution in [1.29, 1.82) is 0 Å². The maximum absolute atomic E-state index is 13.4. The summed E-state index contributed by atoms with van der Waals surface area (Å²) in [5.74, 6) is -0.253. The molecule has 0 bridgehead atoms. The number of hydrogen-bond acceptors (Lipinski definition) is 4. The average Bonchev–Trinajstić information content (AvgIpc) is 3.23. The van der Waals surface area contributed by atoms with Crippen LogP contribution in [0.3, 0.4) is 0 Å². The lowest BCUT2D eigenvalue weighted by atomic mass is 10.2. The van der Waals surface area contributed by atoms with Crippen LogP contribution in [0.5, 0.6) is 0 Å². The van der Waals surface area contributed by atoms with E-state index in [4.69, 9.17) is 0 Å². The van der Waals surface area contributed by atoms with Crippen molar-refractivity contribution in [2.75, 3.05) is 0 Å². The van der Waals surface area contributed by atoms with Crippen molar-refractivity contribution in [2.45, 2.75) is 35.5 Å². The van der Waals surface area contributed by atoms with Gasteiger partial charge in [0.25, 0.3) is 5.56 Å². The predicted molar refractivity (Wildman–Crippen MR) is 75.2 cm³/mol. The van der Waals surface area contributed by atoms with E-state index >= 15 is 0 Å². The monoisotopic (exact) mass is 291 g/mol. The van der Waals surface area contributed by atoms with Crippen LogP contribution in [0.1, 0.15) is 18.4 Å². The minimum atomic E-state index is -0.253. The number of nitrogens with one attached hydrogen (secondary N) is 2.